The number of thioether (sulfide) groups is 1. The summed E-state index contributed by atoms with van der Waals surface area (Å²) in [6, 6.07) is 7.20. The topological polar surface area (TPSA) is 69.9 Å². The molecule has 0 saturated carbocycles. The highest BCUT2D eigenvalue weighted by Gasteiger charge is 2.18. The third-order valence-electron chi connectivity index (χ3n) is 3.53. The number of benzene rings is 1. The predicted octanol–water partition coefficient (Wildman–Crippen LogP) is 4.14. The first kappa shape index (κ1) is 21.0. The zero-order valence-electron chi connectivity index (χ0n) is 16.1. The molecule has 1 N–H and O–H groups in total. The number of carbonyl (C=O) groups is 1. The van der Waals surface area contributed by atoms with E-state index < -0.39 is 0 Å². The maximum atomic E-state index is 12.5. The van der Waals surface area contributed by atoms with Crippen LogP contribution >= 0.6 is 11.8 Å². The summed E-state index contributed by atoms with van der Waals surface area (Å²) in [6.07, 6.45) is 1.66. The summed E-state index contributed by atoms with van der Waals surface area (Å²) >= 11 is 1.70. The molecule has 0 radical (unpaired) electrons. The summed E-state index contributed by atoms with van der Waals surface area (Å²) in [7, 11) is 0. The van der Waals surface area contributed by atoms with Crippen molar-refractivity contribution in [1.82, 2.24) is 5.32 Å². The van der Waals surface area contributed by atoms with E-state index >= 15 is 0 Å². The van der Waals surface area contributed by atoms with Gasteiger partial charge in [0.15, 0.2) is 11.5 Å². The van der Waals surface area contributed by atoms with Gasteiger partial charge in [-0.3, -0.25) is 4.79 Å². The van der Waals surface area contributed by atoms with Crippen LogP contribution in [0.2, 0.25) is 0 Å². The Bertz CT molecular complexity index is 675. The van der Waals surface area contributed by atoms with Gasteiger partial charge in [-0.1, -0.05) is 0 Å². The molecular weight excluding hydrogens is 366 g/mol. The van der Waals surface area contributed by atoms with Gasteiger partial charge in [0.1, 0.15) is 5.76 Å². The maximum Gasteiger partial charge on any atom is 0.251 e. The lowest BCUT2D eigenvalue weighted by Crippen LogP contribution is -2.26. The standard InChI is InChI=1S/C20H27NO5S/c1-4-23-17-12-15(13-18(24-5-2)19(17)25-6-3)20(22)21-9-11-27-14-16-8-7-10-26-16/h7-8,10,12-13H,4-6,9,11,14H2,1-3H3,(H,21,22). The number of carbonyl (C=O) groups excluding carboxylic acids is 1. The van der Waals surface area contributed by atoms with Crippen LogP contribution in [0.5, 0.6) is 17.2 Å². The van der Waals surface area contributed by atoms with Crippen molar-refractivity contribution < 1.29 is 23.4 Å². The Labute approximate surface area is 164 Å². The molecule has 1 amide bonds. The molecule has 1 heterocycles. The monoisotopic (exact) mass is 393 g/mol. The SMILES string of the molecule is CCOc1cc(C(=O)NCCSCc2ccco2)cc(OCC)c1OCC. The smallest absolute Gasteiger partial charge is 0.251 e. The fourth-order valence-electron chi connectivity index (χ4n) is 2.43. The van der Waals surface area contributed by atoms with Gasteiger partial charge >= 0.3 is 0 Å². The van der Waals surface area contributed by atoms with Gasteiger partial charge in [0, 0.05) is 17.9 Å². The van der Waals surface area contributed by atoms with Crippen LogP contribution in [0.15, 0.2) is 34.9 Å². The van der Waals surface area contributed by atoms with Crippen molar-refractivity contribution in [2.45, 2.75) is 26.5 Å². The normalized spacial score (nSPS) is 10.5. The number of furan rings is 1. The van der Waals surface area contributed by atoms with E-state index in [-0.39, 0.29) is 5.91 Å². The van der Waals surface area contributed by atoms with Gasteiger partial charge in [0.2, 0.25) is 5.75 Å². The van der Waals surface area contributed by atoms with Gasteiger partial charge in [0.05, 0.1) is 31.8 Å². The van der Waals surface area contributed by atoms with E-state index in [1.54, 1.807) is 30.2 Å². The van der Waals surface area contributed by atoms with E-state index in [2.05, 4.69) is 5.32 Å². The van der Waals surface area contributed by atoms with Crippen LogP contribution in [0.3, 0.4) is 0 Å². The molecule has 0 fully saturated rings. The molecule has 0 saturated heterocycles. The van der Waals surface area contributed by atoms with Crippen molar-refractivity contribution in [3.8, 4) is 17.2 Å². The second kappa shape index (κ2) is 11.4. The lowest BCUT2D eigenvalue weighted by molar-refractivity contribution is 0.0955. The van der Waals surface area contributed by atoms with Crippen molar-refractivity contribution in [2.24, 2.45) is 0 Å². The molecule has 0 aliphatic carbocycles. The maximum absolute atomic E-state index is 12.5. The Hall–Kier alpha value is -2.28. The number of ether oxygens (including phenoxy) is 3. The molecule has 7 heteroatoms. The lowest BCUT2D eigenvalue weighted by atomic mass is 10.1. The number of hydrogen-bond donors (Lipinski definition) is 1. The molecule has 2 rings (SSSR count). The number of rotatable bonds is 12. The predicted molar refractivity (Wildman–Crippen MR) is 107 cm³/mol. The Kier molecular flexibility index (Phi) is 8.91. The van der Waals surface area contributed by atoms with Crippen LogP contribution in [0.4, 0.5) is 0 Å². The molecule has 1 aromatic heterocycles. The van der Waals surface area contributed by atoms with E-state index in [1.807, 2.05) is 32.9 Å². The first-order valence-electron chi connectivity index (χ1n) is 9.14. The summed E-state index contributed by atoms with van der Waals surface area (Å²) in [5.41, 5.74) is 0.487. The van der Waals surface area contributed by atoms with E-state index in [1.165, 1.54) is 0 Å². The quantitative estimate of drug-likeness (QED) is 0.547. The summed E-state index contributed by atoms with van der Waals surface area (Å²) < 4.78 is 22.3. The molecule has 6 nitrogen and oxygen atoms in total. The Morgan fingerprint density at radius 2 is 1.74 bits per heavy atom. The van der Waals surface area contributed by atoms with Gasteiger partial charge in [0.25, 0.3) is 5.91 Å². The molecule has 0 unspecified atom stereocenters. The van der Waals surface area contributed by atoms with Crippen LogP contribution in [-0.4, -0.2) is 38.0 Å². The fourth-order valence-corrected chi connectivity index (χ4v) is 3.18. The van der Waals surface area contributed by atoms with Crippen molar-refractivity contribution in [1.29, 1.82) is 0 Å². The summed E-state index contributed by atoms with van der Waals surface area (Å²) in [6.45, 7) is 7.66. The third-order valence-corrected chi connectivity index (χ3v) is 4.51. The molecule has 0 aliphatic rings. The molecule has 0 atom stereocenters. The number of hydrogen-bond acceptors (Lipinski definition) is 6. The Morgan fingerprint density at radius 3 is 2.30 bits per heavy atom. The first-order chi connectivity index (χ1) is 13.2. The minimum absolute atomic E-state index is 0.168. The first-order valence-corrected chi connectivity index (χ1v) is 10.3. The van der Waals surface area contributed by atoms with Gasteiger partial charge in [-0.15, -0.1) is 0 Å². The van der Waals surface area contributed by atoms with E-state index in [0.29, 0.717) is 49.2 Å². The minimum Gasteiger partial charge on any atom is -0.490 e. The molecule has 1 aromatic carbocycles. The van der Waals surface area contributed by atoms with Crippen LogP contribution in [0.1, 0.15) is 36.9 Å². The largest absolute Gasteiger partial charge is 0.490 e. The van der Waals surface area contributed by atoms with Crippen molar-refractivity contribution in [3.05, 3.63) is 41.9 Å². The van der Waals surface area contributed by atoms with Gasteiger partial charge in [-0.25, -0.2) is 0 Å². The van der Waals surface area contributed by atoms with Crippen molar-refractivity contribution >= 4 is 17.7 Å². The average molecular weight is 394 g/mol. The second-order valence-electron chi connectivity index (χ2n) is 5.49. The zero-order chi connectivity index (χ0) is 19.5. The highest BCUT2D eigenvalue weighted by molar-refractivity contribution is 7.98. The van der Waals surface area contributed by atoms with Crippen LogP contribution in [-0.2, 0) is 5.75 Å². The minimum atomic E-state index is -0.168. The van der Waals surface area contributed by atoms with Crippen LogP contribution in [0.25, 0.3) is 0 Å². The molecule has 0 spiro atoms. The van der Waals surface area contributed by atoms with Gasteiger partial charge < -0.3 is 23.9 Å². The summed E-state index contributed by atoms with van der Waals surface area (Å²) in [5.74, 6) is 3.91. The third kappa shape index (κ3) is 6.43. The van der Waals surface area contributed by atoms with Gasteiger partial charge in [-0.2, -0.15) is 11.8 Å². The number of nitrogens with one attached hydrogen (secondary N) is 1. The molecule has 27 heavy (non-hydrogen) atoms. The van der Waals surface area contributed by atoms with E-state index in [4.69, 9.17) is 18.6 Å². The zero-order valence-corrected chi connectivity index (χ0v) is 16.9. The molecule has 0 bridgehead atoms. The van der Waals surface area contributed by atoms with Crippen molar-refractivity contribution in [3.63, 3.8) is 0 Å². The Balaban J connectivity index is 1.98. The average Bonchev–Trinajstić information content (AvgIpc) is 3.17. The fraction of sp³-hybridized carbons (Fsp3) is 0.450. The summed E-state index contributed by atoms with van der Waals surface area (Å²) in [5, 5.41) is 2.93. The molecular formula is C20H27NO5S. The lowest BCUT2D eigenvalue weighted by Gasteiger charge is -2.17. The molecule has 2 aromatic rings. The highest BCUT2D eigenvalue weighted by atomic mass is 32.2. The van der Waals surface area contributed by atoms with Crippen molar-refractivity contribution in [2.75, 3.05) is 32.1 Å². The molecule has 148 valence electrons. The van der Waals surface area contributed by atoms with E-state index in [0.717, 1.165) is 17.3 Å². The molecule has 0 aliphatic heterocycles. The van der Waals surface area contributed by atoms with Crippen LogP contribution < -0.4 is 19.5 Å². The van der Waals surface area contributed by atoms with Gasteiger partial charge in [-0.05, 0) is 45.0 Å². The Morgan fingerprint density at radius 1 is 1.07 bits per heavy atom. The highest BCUT2D eigenvalue weighted by Crippen LogP contribution is 2.39. The number of amides is 1. The summed E-state index contributed by atoms with van der Waals surface area (Å²) in [4.78, 5) is 12.5. The van der Waals surface area contributed by atoms with Crippen LogP contribution in [0, 0.1) is 0 Å². The second-order valence-corrected chi connectivity index (χ2v) is 6.59. The van der Waals surface area contributed by atoms with E-state index in [9.17, 15) is 4.79 Å².